The van der Waals surface area contributed by atoms with Crippen LogP contribution in [0.1, 0.15) is 19.3 Å². The van der Waals surface area contributed by atoms with Gasteiger partial charge in [-0.15, -0.1) is 0 Å². The van der Waals surface area contributed by atoms with Crippen molar-refractivity contribution in [2.75, 3.05) is 18.1 Å². The Morgan fingerprint density at radius 3 is 1.83 bits per heavy atom. The van der Waals surface area contributed by atoms with Crippen LogP contribution in [0.15, 0.2) is 24.8 Å². The first-order valence-corrected chi connectivity index (χ1v) is 9.61. The topological polar surface area (TPSA) is 172 Å². The van der Waals surface area contributed by atoms with E-state index in [9.17, 15) is 26.4 Å². The molecule has 0 atom stereocenters. The van der Waals surface area contributed by atoms with E-state index in [2.05, 4.69) is 17.9 Å². The van der Waals surface area contributed by atoms with E-state index in [1.807, 2.05) is 0 Å². The molecule has 0 radical (unpaired) electrons. The lowest BCUT2D eigenvalue weighted by atomic mass is 10.2. The van der Waals surface area contributed by atoms with Gasteiger partial charge in [-0.3, -0.25) is 9.11 Å². The van der Waals surface area contributed by atoms with Crippen molar-refractivity contribution in [3.05, 3.63) is 24.8 Å². The summed E-state index contributed by atoms with van der Waals surface area (Å²) in [5, 5.41) is 8.30. The minimum Gasteiger partial charge on any atom is -0.478 e. The molecule has 0 saturated carbocycles. The summed E-state index contributed by atoms with van der Waals surface area (Å²) in [5.41, 5.74) is -0.0568. The third-order valence-corrected chi connectivity index (χ3v) is 3.75. The molecule has 0 amide bonds. The van der Waals surface area contributed by atoms with Crippen LogP contribution in [0.5, 0.6) is 0 Å². The summed E-state index contributed by atoms with van der Waals surface area (Å²) in [4.78, 5) is 20.5. The van der Waals surface area contributed by atoms with Crippen molar-refractivity contribution in [1.82, 2.24) is 0 Å². The number of hydrogen-bond donors (Lipinski definition) is 3. The number of carboxylic acid groups (broad SMARTS) is 1. The van der Waals surface area contributed by atoms with E-state index < -0.39 is 43.7 Å². The van der Waals surface area contributed by atoms with Gasteiger partial charge in [-0.1, -0.05) is 13.2 Å². The van der Waals surface area contributed by atoms with Crippen molar-refractivity contribution >= 4 is 32.2 Å². The van der Waals surface area contributed by atoms with Crippen molar-refractivity contribution in [3.63, 3.8) is 0 Å². The molecule has 0 rings (SSSR count). The van der Waals surface area contributed by atoms with E-state index in [1.165, 1.54) is 0 Å². The van der Waals surface area contributed by atoms with Gasteiger partial charge in [-0.2, -0.15) is 16.8 Å². The predicted octanol–water partition coefficient (Wildman–Crippen LogP) is 0.289. The highest BCUT2D eigenvalue weighted by Crippen LogP contribution is 2.03. The molecule has 12 heteroatoms. The van der Waals surface area contributed by atoms with Gasteiger partial charge in [0.05, 0.1) is 18.1 Å². The molecule has 0 fully saturated rings. The lowest BCUT2D eigenvalue weighted by Gasteiger charge is -1.99. The van der Waals surface area contributed by atoms with E-state index >= 15 is 0 Å². The maximum Gasteiger partial charge on any atom is 0.330 e. The van der Waals surface area contributed by atoms with Crippen LogP contribution in [0.3, 0.4) is 0 Å². The molecular formula is C12H20O10S2. The van der Waals surface area contributed by atoms with Crippen molar-refractivity contribution in [3.8, 4) is 0 Å². The summed E-state index contributed by atoms with van der Waals surface area (Å²) in [6, 6.07) is 0. The van der Waals surface area contributed by atoms with Gasteiger partial charge in [0.15, 0.2) is 0 Å². The van der Waals surface area contributed by atoms with E-state index in [4.69, 9.17) is 14.2 Å². The minimum absolute atomic E-state index is 0.0371. The average molecular weight is 388 g/mol. The Labute approximate surface area is 140 Å². The van der Waals surface area contributed by atoms with Crippen LogP contribution in [0.4, 0.5) is 0 Å². The molecule has 0 aromatic carbocycles. The lowest BCUT2D eigenvalue weighted by molar-refractivity contribution is -0.137. The maximum atomic E-state index is 10.4. The first kappa shape index (κ1) is 24.5. The van der Waals surface area contributed by atoms with Gasteiger partial charge in [0.1, 0.15) is 0 Å². The molecule has 140 valence electrons. The Morgan fingerprint density at radius 2 is 1.46 bits per heavy atom. The van der Waals surface area contributed by atoms with Gasteiger partial charge >= 0.3 is 11.9 Å². The van der Waals surface area contributed by atoms with Crippen LogP contribution in [0.25, 0.3) is 0 Å². The Bertz CT molecular complexity index is 643. The molecule has 0 aliphatic rings. The second-order valence-electron chi connectivity index (χ2n) is 4.31. The maximum absolute atomic E-state index is 10.4. The molecule has 0 bridgehead atoms. The summed E-state index contributed by atoms with van der Waals surface area (Å²) in [6.45, 7) is 6.31. The minimum atomic E-state index is -3.98. The van der Waals surface area contributed by atoms with Gasteiger partial charge in [0, 0.05) is 11.6 Å². The van der Waals surface area contributed by atoms with E-state index in [-0.39, 0.29) is 31.4 Å². The summed E-state index contributed by atoms with van der Waals surface area (Å²) in [5.74, 6) is -2.59. The predicted molar refractivity (Wildman–Crippen MR) is 84.6 cm³/mol. The highest BCUT2D eigenvalue weighted by atomic mass is 32.2. The van der Waals surface area contributed by atoms with E-state index in [0.717, 1.165) is 6.08 Å². The highest BCUT2D eigenvalue weighted by Gasteiger charge is 2.07. The normalized spacial score (nSPS) is 10.9. The molecule has 0 unspecified atom stereocenters. The van der Waals surface area contributed by atoms with Gasteiger partial charge in [0.25, 0.3) is 20.2 Å². The average Bonchev–Trinajstić information content (AvgIpc) is 2.41. The molecule has 0 aliphatic carbocycles. The van der Waals surface area contributed by atoms with Crippen LogP contribution >= 0.6 is 0 Å². The molecule has 24 heavy (non-hydrogen) atoms. The fourth-order valence-corrected chi connectivity index (χ4v) is 2.04. The fourth-order valence-electron chi connectivity index (χ4n) is 1.05. The number of hydrogen-bond acceptors (Lipinski definition) is 7. The van der Waals surface area contributed by atoms with E-state index in [0.29, 0.717) is 0 Å². The molecular weight excluding hydrogens is 368 g/mol. The summed E-state index contributed by atoms with van der Waals surface area (Å²) >= 11 is 0. The zero-order chi connectivity index (χ0) is 19.4. The monoisotopic (exact) mass is 388 g/mol. The van der Waals surface area contributed by atoms with Gasteiger partial charge in [-0.25, -0.2) is 9.59 Å². The van der Waals surface area contributed by atoms with Crippen molar-refractivity contribution in [1.29, 1.82) is 0 Å². The zero-order valence-corrected chi connectivity index (χ0v) is 14.4. The fraction of sp³-hybridized carbons (Fsp3) is 0.500. The van der Waals surface area contributed by atoms with Crippen LogP contribution in [-0.4, -0.2) is 61.1 Å². The molecule has 0 saturated heterocycles. The van der Waals surface area contributed by atoms with Gasteiger partial charge in [0.2, 0.25) is 0 Å². The summed E-state index contributed by atoms with van der Waals surface area (Å²) < 4.78 is 61.6. The number of aliphatic carboxylic acids is 1. The van der Waals surface area contributed by atoms with Gasteiger partial charge in [-0.05, 0) is 19.3 Å². The first-order valence-electron chi connectivity index (χ1n) is 6.39. The Balaban J connectivity index is 0. The molecule has 3 N–H and O–H groups in total. The van der Waals surface area contributed by atoms with Crippen LogP contribution in [0, 0.1) is 0 Å². The molecule has 0 aromatic rings. The van der Waals surface area contributed by atoms with Gasteiger partial charge < -0.3 is 9.84 Å². The Morgan fingerprint density at radius 1 is 1.00 bits per heavy atom. The second-order valence-corrected chi connectivity index (χ2v) is 7.45. The number of carbonyl (C=O) groups is 2. The number of esters is 1. The third-order valence-electron chi connectivity index (χ3n) is 2.14. The number of carbonyl (C=O) groups excluding carboxylic acids is 1. The molecule has 0 spiro atoms. The quantitative estimate of drug-likeness (QED) is 0.204. The SMILES string of the molecule is C=C(CCCS(=O)(=O)O)C(=O)O.C=CC(=O)OCCCS(=O)(=O)O. The first-order chi connectivity index (χ1) is 10.8. The number of carboxylic acids is 1. The summed E-state index contributed by atoms with van der Waals surface area (Å²) in [6.07, 6.45) is 1.20. The largest absolute Gasteiger partial charge is 0.478 e. The van der Waals surface area contributed by atoms with Crippen LogP contribution in [0.2, 0.25) is 0 Å². The Kier molecular flexibility index (Phi) is 12.0. The van der Waals surface area contributed by atoms with Crippen LogP contribution < -0.4 is 0 Å². The standard InChI is InChI=1S/2C6H10O5S/c1-5(6(7)8)3-2-4-12(9,10)11;1-2-6(7)11-4-3-5-12(8,9)10/h1-4H2,(H,7,8)(H,9,10,11);2H,1,3-5H2,(H,8,9,10). The second kappa shape index (κ2) is 11.7. The smallest absolute Gasteiger partial charge is 0.330 e. The van der Waals surface area contributed by atoms with Crippen molar-refractivity contribution < 1.29 is 45.4 Å². The zero-order valence-electron chi connectivity index (χ0n) is 12.8. The van der Waals surface area contributed by atoms with Crippen molar-refractivity contribution in [2.45, 2.75) is 19.3 Å². The number of ether oxygens (including phenoxy) is 1. The summed E-state index contributed by atoms with van der Waals surface area (Å²) in [7, 11) is -7.93. The molecule has 10 nitrogen and oxygen atoms in total. The van der Waals surface area contributed by atoms with E-state index in [1.54, 1.807) is 0 Å². The van der Waals surface area contributed by atoms with Crippen molar-refractivity contribution in [2.24, 2.45) is 0 Å². The molecule has 0 heterocycles. The molecule has 0 aromatic heterocycles. The lowest BCUT2D eigenvalue weighted by Crippen LogP contribution is -2.09. The third kappa shape index (κ3) is 20.2. The van der Waals surface area contributed by atoms with Crippen LogP contribution in [-0.2, 0) is 34.6 Å². The highest BCUT2D eigenvalue weighted by molar-refractivity contribution is 7.86. The molecule has 0 aliphatic heterocycles. The Hall–Kier alpha value is -1.76. The number of rotatable bonds is 10.